The van der Waals surface area contributed by atoms with Gasteiger partial charge < -0.3 is 4.74 Å². The van der Waals surface area contributed by atoms with Crippen molar-refractivity contribution in [2.75, 3.05) is 5.75 Å². The number of pyridine rings is 1. The summed E-state index contributed by atoms with van der Waals surface area (Å²) < 4.78 is 7.28. The van der Waals surface area contributed by atoms with Crippen LogP contribution in [0.1, 0.15) is 44.5 Å². The first-order valence-corrected chi connectivity index (χ1v) is 11.2. The number of ether oxygens (including phenoxy) is 1. The molecule has 4 nitrogen and oxygen atoms in total. The van der Waals surface area contributed by atoms with Crippen LogP contribution in [0.2, 0.25) is 0 Å². The Morgan fingerprint density at radius 3 is 2.89 bits per heavy atom. The highest BCUT2D eigenvalue weighted by molar-refractivity contribution is 7.99. The lowest BCUT2D eigenvalue weighted by molar-refractivity contribution is -0.0402. The third-order valence-corrected chi connectivity index (χ3v) is 7.01. The predicted octanol–water partition coefficient (Wildman–Crippen LogP) is 5.57. The molecule has 0 aliphatic carbocycles. The Morgan fingerprint density at radius 2 is 2.15 bits per heavy atom. The molecule has 0 atom stereocenters. The van der Waals surface area contributed by atoms with Crippen molar-refractivity contribution in [3.8, 4) is 0 Å². The summed E-state index contributed by atoms with van der Waals surface area (Å²) in [5.74, 6) is 1.40. The van der Waals surface area contributed by atoms with Crippen LogP contribution in [0, 0.1) is 5.92 Å². The van der Waals surface area contributed by atoms with E-state index in [1.165, 1.54) is 22.2 Å². The molecule has 1 aliphatic heterocycles. The van der Waals surface area contributed by atoms with Gasteiger partial charge in [-0.15, -0.1) is 29.7 Å². The SMILES string of the molecule is C=CCSc1ncnc2c1sc1nc(CC(C)C)c3c(c12)CC(C)(C)OC3. The molecular weight excluding hydrogens is 374 g/mol. The van der Waals surface area contributed by atoms with E-state index < -0.39 is 0 Å². The summed E-state index contributed by atoms with van der Waals surface area (Å²) in [7, 11) is 0. The van der Waals surface area contributed by atoms with E-state index in [2.05, 4.69) is 44.2 Å². The second kappa shape index (κ2) is 7.15. The maximum absolute atomic E-state index is 6.14. The zero-order valence-corrected chi connectivity index (χ0v) is 18.0. The lowest BCUT2D eigenvalue weighted by atomic mass is 9.88. The molecule has 0 spiro atoms. The number of thioether (sulfide) groups is 1. The summed E-state index contributed by atoms with van der Waals surface area (Å²) in [5, 5.41) is 2.23. The number of thiophene rings is 1. The van der Waals surface area contributed by atoms with Gasteiger partial charge in [-0.3, -0.25) is 0 Å². The van der Waals surface area contributed by atoms with Crippen LogP contribution in [-0.2, 0) is 24.2 Å². The van der Waals surface area contributed by atoms with Gasteiger partial charge in [0.05, 0.1) is 22.4 Å². The van der Waals surface area contributed by atoms with E-state index in [0.717, 1.165) is 38.7 Å². The maximum atomic E-state index is 6.14. The quantitative estimate of drug-likeness (QED) is 0.319. The molecule has 27 heavy (non-hydrogen) atoms. The number of aromatic nitrogens is 3. The van der Waals surface area contributed by atoms with Crippen LogP contribution in [0.3, 0.4) is 0 Å². The first-order valence-electron chi connectivity index (χ1n) is 9.35. The minimum absolute atomic E-state index is 0.169. The van der Waals surface area contributed by atoms with Crippen LogP contribution >= 0.6 is 23.1 Å². The molecule has 0 fully saturated rings. The molecule has 1 aliphatic rings. The van der Waals surface area contributed by atoms with Crippen molar-refractivity contribution < 1.29 is 4.74 Å². The van der Waals surface area contributed by atoms with Gasteiger partial charge in [-0.05, 0) is 31.7 Å². The molecule has 0 aromatic carbocycles. The van der Waals surface area contributed by atoms with Crippen LogP contribution in [0.4, 0.5) is 0 Å². The molecule has 0 saturated heterocycles. The number of fused-ring (bicyclic) bond motifs is 5. The average molecular weight is 400 g/mol. The molecule has 142 valence electrons. The Balaban J connectivity index is 2.00. The highest BCUT2D eigenvalue weighted by Crippen LogP contribution is 2.42. The van der Waals surface area contributed by atoms with E-state index in [4.69, 9.17) is 9.72 Å². The van der Waals surface area contributed by atoms with Crippen molar-refractivity contribution in [3.63, 3.8) is 0 Å². The Kier molecular flexibility index (Phi) is 4.99. The van der Waals surface area contributed by atoms with E-state index in [0.29, 0.717) is 12.5 Å². The largest absolute Gasteiger partial charge is 0.370 e. The molecule has 3 aromatic rings. The number of hydrogen-bond acceptors (Lipinski definition) is 6. The van der Waals surface area contributed by atoms with Crippen LogP contribution in [-0.4, -0.2) is 26.3 Å². The standard InChI is InChI=1S/C21H25N3OS2/c1-6-7-26-20-18-17(22-11-23-20)16-13-9-21(4,5)25-10-14(13)15(8-12(2)3)24-19(16)27-18/h6,11-12H,1,7-10H2,2-5H3. The second-order valence-electron chi connectivity index (χ2n) is 8.08. The Hall–Kier alpha value is -1.50. The van der Waals surface area contributed by atoms with Gasteiger partial charge in [0, 0.05) is 28.8 Å². The van der Waals surface area contributed by atoms with Crippen LogP contribution in [0.15, 0.2) is 24.0 Å². The van der Waals surface area contributed by atoms with Crippen molar-refractivity contribution in [1.29, 1.82) is 0 Å². The summed E-state index contributed by atoms with van der Waals surface area (Å²) in [6.45, 7) is 13.3. The van der Waals surface area contributed by atoms with Crippen molar-refractivity contribution in [1.82, 2.24) is 15.0 Å². The molecule has 4 heterocycles. The zero-order chi connectivity index (χ0) is 19.2. The third-order valence-electron chi connectivity index (χ3n) is 4.82. The second-order valence-corrected chi connectivity index (χ2v) is 10.1. The predicted molar refractivity (Wildman–Crippen MR) is 115 cm³/mol. The highest BCUT2D eigenvalue weighted by atomic mass is 32.2. The maximum Gasteiger partial charge on any atom is 0.126 e. The van der Waals surface area contributed by atoms with Gasteiger partial charge >= 0.3 is 0 Å². The van der Waals surface area contributed by atoms with Gasteiger partial charge in [0.2, 0.25) is 0 Å². The molecule has 0 amide bonds. The fourth-order valence-electron chi connectivity index (χ4n) is 3.65. The zero-order valence-electron chi connectivity index (χ0n) is 16.3. The van der Waals surface area contributed by atoms with Gasteiger partial charge in [0.15, 0.2) is 0 Å². The number of hydrogen-bond donors (Lipinski definition) is 0. The number of rotatable bonds is 5. The van der Waals surface area contributed by atoms with Gasteiger partial charge in [-0.25, -0.2) is 15.0 Å². The van der Waals surface area contributed by atoms with Gasteiger partial charge in [0.25, 0.3) is 0 Å². The van der Waals surface area contributed by atoms with Crippen molar-refractivity contribution in [3.05, 3.63) is 35.8 Å². The topological polar surface area (TPSA) is 47.9 Å². The summed E-state index contributed by atoms with van der Waals surface area (Å²) in [6, 6.07) is 0. The van der Waals surface area contributed by atoms with Crippen molar-refractivity contribution >= 4 is 43.5 Å². The Morgan fingerprint density at radius 1 is 1.33 bits per heavy atom. The van der Waals surface area contributed by atoms with Gasteiger partial charge in [0.1, 0.15) is 16.2 Å². The molecule has 3 aromatic heterocycles. The summed E-state index contributed by atoms with van der Waals surface area (Å²) in [6.07, 6.45) is 5.45. The van der Waals surface area contributed by atoms with Gasteiger partial charge in [-0.1, -0.05) is 19.9 Å². The van der Waals surface area contributed by atoms with Crippen LogP contribution in [0.5, 0.6) is 0 Å². The molecule has 4 rings (SSSR count). The summed E-state index contributed by atoms with van der Waals surface area (Å²) in [4.78, 5) is 15.3. The number of nitrogens with zero attached hydrogens (tertiary/aromatic N) is 3. The summed E-state index contributed by atoms with van der Waals surface area (Å²) >= 11 is 3.43. The Bertz CT molecular complexity index is 1020. The van der Waals surface area contributed by atoms with Crippen molar-refractivity contribution in [2.24, 2.45) is 5.92 Å². The fourth-order valence-corrected chi connectivity index (χ4v) is 5.64. The molecule has 6 heteroatoms. The summed E-state index contributed by atoms with van der Waals surface area (Å²) in [5.41, 5.74) is 4.69. The Labute approximate surface area is 168 Å². The average Bonchev–Trinajstić information content (AvgIpc) is 2.97. The third kappa shape index (κ3) is 3.50. The monoisotopic (exact) mass is 399 g/mol. The molecule has 0 radical (unpaired) electrons. The van der Waals surface area contributed by atoms with Crippen molar-refractivity contribution in [2.45, 2.75) is 57.8 Å². The fraction of sp³-hybridized carbons (Fsp3) is 0.476. The normalized spacial score (nSPS) is 16.2. The first-order chi connectivity index (χ1) is 12.9. The van der Waals surface area contributed by atoms with E-state index in [9.17, 15) is 0 Å². The molecular formula is C21H25N3OS2. The minimum atomic E-state index is -0.169. The molecule has 0 unspecified atom stereocenters. The highest BCUT2D eigenvalue weighted by Gasteiger charge is 2.31. The van der Waals surface area contributed by atoms with E-state index >= 15 is 0 Å². The minimum Gasteiger partial charge on any atom is -0.370 e. The molecule has 0 bridgehead atoms. The molecule has 0 N–H and O–H groups in total. The first kappa shape index (κ1) is 18.8. The molecule has 0 saturated carbocycles. The van der Waals surface area contributed by atoms with Gasteiger partial charge in [-0.2, -0.15) is 0 Å². The van der Waals surface area contributed by atoms with E-state index in [1.54, 1.807) is 29.4 Å². The smallest absolute Gasteiger partial charge is 0.126 e. The van der Waals surface area contributed by atoms with Crippen LogP contribution in [0.25, 0.3) is 20.4 Å². The van der Waals surface area contributed by atoms with E-state index in [1.807, 2.05) is 6.08 Å². The van der Waals surface area contributed by atoms with E-state index in [-0.39, 0.29) is 5.60 Å². The lowest BCUT2D eigenvalue weighted by Crippen LogP contribution is -2.33. The lowest BCUT2D eigenvalue weighted by Gasteiger charge is -2.33. The van der Waals surface area contributed by atoms with Crippen LogP contribution < -0.4 is 0 Å².